The first-order valence-corrected chi connectivity index (χ1v) is 6.82. The van der Waals surface area contributed by atoms with E-state index in [0.717, 1.165) is 17.7 Å². The highest BCUT2D eigenvalue weighted by Gasteiger charge is 2.21. The third-order valence-corrected chi connectivity index (χ3v) is 3.52. The van der Waals surface area contributed by atoms with Crippen LogP contribution in [-0.2, 0) is 6.61 Å². The van der Waals surface area contributed by atoms with Crippen molar-refractivity contribution in [3.8, 4) is 22.6 Å². The molecule has 0 aliphatic heterocycles. The summed E-state index contributed by atoms with van der Waals surface area (Å²) in [5.74, 6) is -3.92. The number of halogens is 3. The molecule has 0 saturated carbocycles. The summed E-state index contributed by atoms with van der Waals surface area (Å²) in [6.45, 7) is 1.48. The van der Waals surface area contributed by atoms with Crippen molar-refractivity contribution in [2.45, 2.75) is 13.5 Å². The highest BCUT2D eigenvalue weighted by molar-refractivity contribution is 5.72. The van der Waals surface area contributed by atoms with E-state index in [1.54, 1.807) is 12.1 Å². The lowest BCUT2D eigenvalue weighted by atomic mass is 10.0. The molecule has 6 heteroatoms. The van der Waals surface area contributed by atoms with E-state index in [2.05, 4.69) is 5.16 Å². The lowest BCUT2D eigenvalue weighted by Crippen LogP contribution is -1.94. The van der Waals surface area contributed by atoms with E-state index in [9.17, 15) is 18.3 Å². The molecule has 0 bridgehead atoms. The van der Waals surface area contributed by atoms with Gasteiger partial charge in [-0.15, -0.1) is 0 Å². The smallest absolute Gasteiger partial charge is 0.194 e. The molecule has 0 saturated heterocycles. The molecule has 118 valence electrons. The third-order valence-electron chi connectivity index (χ3n) is 3.52. The summed E-state index contributed by atoms with van der Waals surface area (Å²) < 4.78 is 45.1. The van der Waals surface area contributed by atoms with Crippen LogP contribution < -0.4 is 0 Å². The topological polar surface area (TPSA) is 46.3 Å². The van der Waals surface area contributed by atoms with Crippen LogP contribution in [0, 0.1) is 24.4 Å². The minimum absolute atomic E-state index is 0.00689. The predicted molar refractivity (Wildman–Crippen MR) is 77.9 cm³/mol. The molecule has 3 nitrogen and oxygen atoms in total. The van der Waals surface area contributed by atoms with Gasteiger partial charge in [0.15, 0.2) is 23.2 Å². The number of aryl methyl sites for hydroxylation is 1. The first-order valence-electron chi connectivity index (χ1n) is 6.82. The maximum atomic E-state index is 13.4. The van der Waals surface area contributed by atoms with Crippen molar-refractivity contribution in [3.05, 3.63) is 65.0 Å². The SMILES string of the molecule is Cc1ccc(-c2onc(-c3cc(F)c(F)c(F)c3)c2CO)cc1. The average molecular weight is 319 g/mol. The van der Waals surface area contributed by atoms with Crippen molar-refractivity contribution in [1.82, 2.24) is 5.16 Å². The summed E-state index contributed by atoms with van der Waals surface area (Å²) in [7, 11) is 0. The zero-order chi connectivity index (χ0) is 16.6. The number of benzene rings is 2. The molecule has 2 aromatic carbocycles. The highest BCUT2D eigenvalue weighted by Crippen LogP contribution is 2.33. The number of aliphatic hydroxyl groups is 1. The second kappa shape index (κ2) is 5.89. The van der Waals surface area contributed by atoms with Crippen molar-refractivity contribution in [2.24, 2.45) is 0 Å². The Bertz CT molecular complexity index is 834. The summed E-state index contributed by atoms with van der Waals surface area (Å²) in [5, 5.41) is 13.4. The van der Waals surface area contributed by atoms with Crippen LogP contribution in [-0.4, -0.2) is 10.3 Å². The van der Waals surface area contributed by atoms with Gasteiger partial charge >= 0.3 is 0 Å². The van der Waals surface area contributed by atoms with Gasteiger partial charge in [-0.1, -0.05) is 35.0 Å². The molecule has 0 amide bonds. The Morgan fingerprint density at radius 1 is 1.00 bits per heavy atom. The molecular weight excluding hydrogens is 307 g/mol. The number of aromatic nitrogens is 1. The van der Waals surface area contributed by atoms with E-state index in [-0.39, 0.29) is 16.8 Å². The molecule has 1 heterocycles. The molecule has 23 heavy (non-hydrogen) atoms. The Balaban J connectivity index is 2.13. The summed E-state index contributed by atoms with van der Waals surface area (Å²) >= 11 is 0. The first-order chi connectivity index (χ1) is 11.0. The largest absolute Gasteiger partial charge is 0.391 e. The molecule has 0 spiro atoms. The minimum atomic E-state index is -1.55. The van der Waals surface area contributed by atoms with Crippen LogP contribution in [0.5, 0.6) is 0 Å². The average Bonchev–Trinajstić information content (AvgIpc) is 2.96. The third kappa shape index (κ3) is 2.73. The molecule has 3 aromatic rings. The summed E-state index contributed by atoms with van der Waals surface area (Å²) in [4.78, 5) is 0. The summed E-state index contributed by atoms with van der Waals surface area (Å²) in [6, 6.07) is 8.91. The maximum absolute atomic E-state index is 13.4. The van der Waals surface area contributed by atoms with Gasteiger partial charge in [-0.3, -0.25) is 0 Å². The van der Waals surface area contributed by atoms with Crippen molar-refractivity contribution < 1.29 is 22.8 Å². The van der Waals surface area contributed by atoms with E-state index >= 15 is 0 Å². The van der Waals surface area contributed by atoms with E-state index < -0.39 is 24.1 Å². The van der Waals surface area contributed by atoms with E-state index in [1.165, 1.54) is 0 Å². The molecule has 0 aliphatic carbocycles. The Labute approximate surface area is 130 Å². The second-order valence-corrected chi connectivity index (χ2v) is 5.12. The van der Waals surface area contributed by atoms with Crippen LogP contribution in [0.2, 0.25) is 0 Å². The van der Waals surface area contributed by atoms with Gasteiger partial charge in [-0.05, 0) is 19.1 Å². The Kier molecular flexibility index (Phi) is 3.92. The van der Waals surface area contributed by atoms with Gasteiger partial charge in [0.25, 0.3) is 0 Å². The Morgan fingerprint density at radius 2 is 1.61 bits per heavy atom. The van der Waals surface area contributed by atoms with Crippen LogP contribution in [0.15, 0.2) is 40.9 Å². The number of nitrogens with zero attached hydrogens (tertiary/aromatic N) is 1. The van der Waals surface area contributed by atoms with E-state index in [1.807, 2.05) is 19.1 Å². The maximum Gasteiger partial charge on any atom is 0.194 e. The molecule has 1 N–H and O–H groups in total. The van der Waals surface area contributed by atoms with Gasteiger partial charge in [0.2, 0.25) is 0 Å². The fourth-order valence-electron chi connectivity index (χ4n) is 2.31. The monoisotopic (exact) mass is 319 g/mol. The van der Waals surface area contributed by atoms with Crippen LogP contribution >= 0.6 is 0 Å². The van der Waals surface area contributed by atoms with Crippen molar-refractivity contribution in [3.63, 3.8) is 0 Å². The Morgan fingerprint density at radius 3 is 2.17 bits per heavy atom. The number of rotatable bonds is 3. The minimum Gasteiger partial charge on any atom is -0.391 e. The van der Waals surface area contributed by atoms with Gasteiger partial charge in [-0.25, -0.2) is 13.2 Å². The first kappa shape index (κ1) is 15.3. The zero-order valence-corrected chi connectivity index (χ0v) is 12.1. The van der Waals surface area contributed by atoms with Crippen LogP contribution in [0.3, 0.4) is 0 Å². The molecule has 0 atom stereocenters. The fourth-order valence-corrected chi connectivity index (χ4v) is 2.31. The van der Waals surface area contributed by atoms with Gasteiger partial charge in [0, 0.05) is 11.1 Å². The van der Waals surface area contributed by atoms with Gasteiger partial charge in [-0.2, -0.15) is 0 Å². The second-order valence-electron chi connectivity index (χ2n) is 5.12. The number of hydrogen-bond donors (Lipinski definition) is 1. The molecular formula is C17H12F3NO2. The van der Waals surface area contributed by atoms with Crippen molar-refractivity contribution in [1.29, 1.82) is 0 Å². The standard InChI is InChI=1S/C17H12F3NO2/c1-9-2-4-10(5-3-9)17-12(8-22)16(21-23-17)11-6-13(18)15(20)14(19)7-11/h2-7,22H,8H2,1H3. The van der Waals surface area contributed by atoms with Gasteiger partial charge in [0.1, 0.15) is 5.69 Å². The molecule has 0 fully saturated rings. The summed E-state index contributed by atoms with van der Waals surface area (Å²) in [5.41, 5.74) is 2.05. The lowest BCUT2D eigenvalue weighted by molar-refractivity contribution is 0.281. The lowest BCUT2D eigenvalue weighted by Gasteiger charge is -2.03. The number of hydrogen-bond acceptors (Lipinski definition) is 3. The van der Waals surface area contributed by atoms with E-state index in [4.69, 9.17) is 4.52 Å². The molecule has 1 aromatic heterocycles. The van der Waals surface area contributed by atoms with Crippen LogP contribution in [0.1, 0.15) is 11.1 Å². The Hall–Kier alpha value is -2.60. The van der Waals surface area contributed by atoms with Crippen molar-refractivity contribution >= 4 is 0 Å². The molecule has 3 rings (SSSR count). The molecule has 0 aliphatic rings. The predicted octanol–water partition coefficient (Wildman–Crippen LogP) is 4.23. The quantitative estimate of drug-likeness (QED) is 0.735. The normalized spacial score (nSPS) is 11.0. The van der Waals surface area contributed by atoms with Crippen LogP contribution in [0.25, 0.3) is 22.6 Å². The highest BCUT2D eigenvalue weighted by atomic mass is 19.2. The fraction of sp³-hybridized carbons (Fsp3) is 0.118. The van der Waals surface area contributed by atoms with E-state index in [0.29, 0.717) is 11.3 Å². The van der Waals surface area contributed by atoms with Crippen LogP contribution in [0.4, 0.5) is 13.2 Å². The zero-order valence-electron chi connectivity index (χ0n) is 12.1. The molecule has 0 radical (unpaired) electrons. The van der Waals surface area contributed by atoms with Crippen molar-refractivity contribution in [2.75, 3.05) is 0 Å². The number of aliphatic hydroxyl groups excluding tert-OH is 1. The van der Waals surface area contributed by atoms with Gasteiger partial charge < -0.3 is 9.63 Å². The molecule has 0 unspecified atom stereocenters. The van der Waals surface area contributed by atoms with Gasteiger partial charge in [0.05, 0.1) is 12.2 Å². The summed E-state index contributed by atoms with van der Waals surface area (Å²) in [6.07, 6.45) is 0.